The highest BCUT2D eigenvalue weighted by molar-refractivity contribution is 5.92. The van der Waals surface area contributed by atoms with Gasteiger partial charge in [-0.1, -0.05) is 6.58 Å². The van der Waals surface area contributed by atoms with Gasteiger partial charge in [0.15, 0.2) is 5.78 Å². The molecular formula is C9H15O3. The third-order valence-electron chi connectivity index (χ3n) is 1.49. The number of aliphatic hydroxyl groups excluding tert-OH is 1. The SMILES string of the molecule is [CH2]C(C)(O)CCC(O)C(=O)C=C. The van der Waals surface area contributed by atoms with Crippen molar-refractivity contribution in [3.05, 3.63) is 19.6 Å². The number of rotatable bonds is 5. The van der Waals surface area contributed by atoms with Gasteiger partial charge in [0, 0.05) is 0 Å². The zero-order valence-corrected chi connectivity index (χ0v) is 7.29. The van der Waals surface area contributed by atoms with Gasteiger partial charge in [0.1, 0.15) is 6.10 Å². The van der Waals surface area contributed by atoms with Gasteiger partial charge in [-0.3, -0.25) is 4.79 Å². The van der Waals surface area contributed by atoms with E-state index in [1.807, 2.05) is 0 Å². The number of carbonyl (C=O) groups is 1. The first-order valence-electron chi connectivity index (χ1n) is 3.79. The predicted molar refractivity (Wildman–Crippen MR) is 46.4 cm³/mol. The molecule has 1 radical (unpaired) electrons. The Morgan fingerprint density at radius 2 is 2.25 bits per heavy atom. The van der Waals surface area contributed by atoms with E-state index in [0.717, 1.165) is 6.08 Å². The van der Waals surface area contributed by atoms with Crippen molar-refractivity contribution in [2.24, 2.45) is 0 Å². The fraction of sp³-hybridized carbons (Fsp3) is 0.556. The molecule has 3 heteroatoms. The van der Waals surface area contributed by atoms with Crippen LogP contribution in [0.4, 0.5) is 0 Å². The van der Waals surface area contributed by atoms with Crippen molar-refractivity contribution in [2.75, 3.05) is 0 Å². The Hall–Kier alpha value is -0.670. The lowest BCUT2D eigenvalue weighted by atomic mass is 9.99. The van der Waals surface area contributed by atoms with Crippen molar-refractivity contribution in [1.82, 2.24) is 0 Å². The molecule has 2 N–H and O–H groups in total. The van der Waals surface area contributed by atoms with E-state index in [4.69, 9.17) is 10.2 Å². The van der Waals surface area contributed by atoms with Crippen LogP contribution in [-0.4, -0.2) is 27.7 Å². The average Bonchev–Trinajstić information content (AvgIpc) is 1.97. The molecule has 0 fully saturated rings. The molecule has 0 amide bonds. The summed E-state index contributed by atoms with van der Waals surface area (Å²) >= 11 is 0. The molecule has 0 saturated heterocycles. The molecule has 0 heterocycles. The molecule has 2 unspecified atom stereocenters. The molecule has 0 saturated carbocycles. The summed E-state index contributed by atoms with van der Waals surface area (Å²) in [4.78, 5) is 10.8. The quantitative estimate of drug-likeness (QED) is 0.591. The first-order valence-corrected chi connectivity index (χ1v) is 3.79. The molecule has 0 spiro atoms. The van der Waals surface area contributed by atoms with Crippen LogP contribution in [0.25, 0.3) is 0 Å². The van der Waals surface area contributed by atoms with E-state index in [-0.39, 0.29) is 12.8 Å². The van der Waals surface area contributed by atoms with Gasteiger partial charge in [-0.05, 0) is 32.8 Å². The van der Waals surface area contributed by atoms with Crippen molar-refractivity contribution >= 4 is 5.78 Å². The Balaban J connectivity index is 3.79. The molecule has 0 aliphatic rings. The molecule has 69 valence electrons. The minimum atomic E-state index is -1.08. The molecule has 0 aromatic carbocycles. The monoisotopic (exact) mass is 171 g/mol. The van der Waals surface area contributed by atoms with Gasteiger partial charge in [0.2, 0.25) is 0 Å². The molecule has 0 aliphatic heterocycles. The van der Waals surface area contributed by atoms with E-state index in [2.05, 4.69) is 13.5 Å². The second kappa shape index (κ2) is 4.38. The zero-order valence-electron chi connectivity index (χ0n) is 7.29. The lowest BCUT2D eigenvalue weighted by Crippen LogP contribution is -2.25. The van der Waals surface area contributed by atoms with E-state index in [1.54, 1.807) is 0 Å². The fourth-order valence-electron chi connectivity index (χ4n) is 0.726. The molecule has 0 aliphatic carbocycles. The summed E-state index contributed by atoms with van der Waals surface area (Å²) in [7, 11) is 0. The van der Waals surface area contributed by atoms with Crippen LogP contribution in [0.3, 0.4) is 0 Å². The van der Waals surface area contributed by atoms with Gasteiger partial charge in [-0.25, -0.2) is 0 Å². The average molecular weight is 171 g/mol. The summed E-state index contributed by atoms with van der Waals surface area (Å²) in [5.41, 5.74) is -1.08. The first-order chi connectivity index (χ1) is 5.37. The van der Waals surface area contributed by atoms with Crippen molar-refractivity contribution in [1.29, 1.82) is 0 Å². The number of carbonyl (C=O) groups excluding carboxylic acids is 1. The van der Waals surface area contributed by atoms with E-state index in [9.17, 15) is 4.79 Å². The molecule has 0 aromatic rings. The lowest BCUT2D eigenvalue weighted by molar-refractivity contribution is -0.122. The van der Waals surface area contributed by atoms with Crippen molar-refractivity contribution in [3.8, 4) is 0 Å². The highest BCUT2D eigenvalue weighted by Gasteiger charge is 2.18. The standard InChI is InChI=1S/C9H15O3/c1-4-7(10)8(11)5-6-9(2,3)12/h4,8,11-12H,1-2,5-6H2,3H3. The second-order valence-electron chi connectivity index (χ2n) is 3.16. The summed E-state index contributed by atoms with van der Waals surface area (Å²) in [6.07, 6.45) is 0.508. The number of hydrogen-bond acceptors (Lipinski definition) is 3. The van der Waals surface area contributed by atoms with Crippen molar-refractivity contribution < 1.29 is 15.0 Å². The summed E-state index contributed by atoms with van der Waals surface area (Å²) in [5.74, 6) is -0.417. The Morgan fingerprint density at radius 1 is 1.75 bits per heavy atom. The molecule has 2 atom stereocenters. The normalized spacial score (nSPS) is 14.0. The highest BCUT2D eigenvalue weighted by atomic mass is 16.3. The van der Waals surface area contributed by atoms with Crippen molar-refractivity contribution in [3.63, 3.8) is 0 Å². The maximum absolute atomic E-state index is 10.8. The maximum Gasteiger partial charge on any atom is 0.183 e. The van der Waals surface area contributed by atoms with Crippen LogP contribution in [0.2, 0.25) is 0 Å². The predicted octanol–water partition coefficient (Wildman–Crippen LogP) is 0.468. The van der Waals surface area contributed by atoms with Gasteiger partial charge >= 0.3 is 0 Å². The first kappa shape index (κ1) is 11.3. The summed E-state index contributed by atoms with van der Waals surface area (Å²) in [6, 6.07) is 0. The van der Waals surface area contributed by atoms with Crippen molar-refractivity contribution in [2.45, 2.75) is 31.5 Å². The molecule has 0 rings (SSSR count). The number of ketones is 1. The van der Waals surface area contributed by atoms with E-state index in [1.165, 1.54) is 6.92 Å². The molecule has 0 aromatic heterocycles. The van der Waals surface area contributed by atoms with Crippen LogP contribution in [0.15, 0.2) is 12.7 Å². The topological polar surface area (TPSA) is 57.5 Å². The van der Waals surface area contributed by atoms with Crippen LogP contribution in [-0.2, 0) is 4.79 Å². The van der Waals surface area contributed by atoms with Gasteiger partial charge in [0.25, 0.3) is 0 Å². The van der Waals surface area contributed by atoms with Gasteiger partial charge in [0.05, 0.1) is 5.60 Å². The Bertz CT molecular complexity index is 167. The van der Waals surface area contributed by atoms with Crippen LogP contribution in [0, 0.1) is 6.92 Å². The zero-order chi connectivity index (χ0) is 9.78. The summed E-state index contributed by atoms with van der Waals surface area (Å²) < 4.78 is 0. The Morgan fingerprint density at radius 3 is 2.58 bits per heavy atom. The molecule has 3 nitrogen and oxygen atoms in total. The third-order valence-corrected chi connectivity index (χ3v) is 1.49. The summed E-state index contributed by atoms with van der Waals surface area (Å²) in [5, 5.41) is 18.3. The molecule has 12 heavy (non-hydrogen) atoms. The second-order valence-corrected chi connectivity index (χ2v) is 3.16. The van der Waals surface area contributed by atoms with E-state index >= 15 is 0 Å². The van der Waals surface area contributed by atoms with Gasteiger partial charge in [-0.15, -0.1) is 0 Å². The molecule has 0 bridgehead atoms. The minimum Gasteiger partial charge on any atom is -0.390 e. The largest absolute Gasteiger partial charge is 0.390 e. The van der Waals surface area contributed by atoms with Crippen LogP contribution < -0.4 is 0 Å². The Kier molecular flexibility index (Phi) is 4.13. The molecular weight excluding hydrogens is 156 g/mol. The minimum absolute atomic E-state index is 0.210. The van der Waals surface area contributed by atoms with E-state index < -0.39 is 17.5 Å². The maximum atomic E-state index is 10.8. The van der Waals surface area contributed by atoms with Gasteiger partial charge < -0.3 is 10.2 Å². The Labute approximate surface area is 72.7 Å². The highest BCUT2D eigenvalue weighted by Crippen LogP contribution is 2.12. The number of hydrogen-bond donors (Lipinski definition) is 2. The van der Waals surface area contributed by atoms with E-state index in [0.29, 0.717) is 0 Å². The summed E-state index contributed by atoms with van der Waals surface area (Å²) in [6.45, 7) is 8.20. The van der Waals surface area contributed by atoms with Crippen LogP contribution in [0.5, 0.6) is 0 Å². The van der Waals surface area contributed by atoms with Crippen LogP contribution >= 0.6 is 0 Å². The van der Waals surface area contributed by atoms with Gasteiger partial charge in [-0.2, -0.15) is 0 Å². The van der Waals surface area contributed by atoms with Crippen LogP contribution in [0.1, 0.15) is 19.8 Å². The number of aliphatic hydroxyl groups is 2. The lowest BCUT2D eigenvalue weighted by Gasteiger charge is -2.17. The third kappa shape index (κ3) is 5.04. The fourth-order valence-corrected chi connectivity index (χ4v) is 0.726. The smallest absolute Gasteiger partial charge is 0.183 e.